The van der Waals surface area contributed by atoms with Gasteiger partial charge in [-0.05, 0) is 153 Å². The molecule has 9 aromatic rings. The first-order valence-electron chi connectivity index (χ1n) is 29.1. The predicted octanol–water partition coefficient (Wildman–Crippen LogP) is 11.4. The number of hydrogen-bond acceptors (Lipinski definition) is 21. The maximum atomic E-state index is 12.3. The molecule has 0 bridgehead atoms. The zero-order chi connectivity index (χ0) is 69.5. The second-order valence-electron chi connectivity index (χ2n) is 21.2. The maximum Gasteiger partial charge on any atom is 0.342 e. The second-order valence-corrected chi connectivity index (χ2v) is 21.2. The molecule has 21 nitrogen and oxygen atoms in total. The number of phenolic OH excluding ortho intramolecular Hbond substituents is 4. The Kier molecular flexibility index (Phi) is 26.4. The maximum absolute atomic E-state index is 12.3. The number of hydrogen-bond donors (Lipinski definition) is 6. The van der Waals surface area contributed by atoms with Crippen molar-refractivity contribution in [3.63, 3.8) is 0 Å². The summed E-state index contributed by atoms with van der Waals surface area (Å²) in [6.45, 7) is 6.96. The van der Waals surface area contributed by atoms with Crippen LogP contribution in [0.3, 0.4) is 0 Å². The van der Waals surface area contributed by atoms with Gasteiger partial charge in [0.15, 0.2) is 26.4 Å². The van der Waals surface area contributed by atoms with Crippen molar-refractivity contribution in [2.45, 2.75) is 47.8 Å². The summed E-state index contributed by atoms with van der Waals surface area (Å²) >= 11 is 0. The number of aryl methyl sites for hydroxylation is 5. The first-order chi connectivity index (χ1) is 45.4. The molecule has 0 aliphatic carbocycles. The number of rotatable bonds is 21. The van der Waals surface area contributed by atoms with Gasteiger partial charge in [0, 0.05) is 5.56 Å². The van der Waals surface area contributed by atoms with Crippen molar-refractivity contribution >= 4 is 57.8 Å². The van der Waals surface area contributed by atoms with E-state index in [0.29, 0.717) is 39.5 Å². The molecule has 0 radical (unpaired) electrons. The number of aliphatic hydroxyl groups excluding tert-OH is 2. The van der Waals surface area contributed by atoms with E-state index in [-0.39, 0.29) is 87.8 Å². The van der Waals surface area contributed by atoms with E-state index in [0.717, 1.165) is 38.6 Å². The van der Waals surface area contributed by atoms with Gasteiger partial charge in [-0.15, -0.1) is 0 Å². The number of esters is 4. The van der Waals surface area contributed by atoms with Crippen LogP contribution in [-0.4, -0.2) is 125 Å². The van der Waals surface area contributed by atoms with Gasteiger partial charge in [0.05, 0.1) is 51.2 Å². The van der Waals surface area contributed by atoms with Gasteiger partial charge in [0.2, 0.25) is 23.1 Å². The molecule has 0 saturated carbocycles. The Morgan fingerprint density at radius 3 is 1.00 bits per heavy atom. The summed E-state index contributed by atoms with van der Waals surface area (Å²) in [7, 11) is 4.27. The molecular weight excluding hydrogens is 1220 g/mol. The molecule has 0 unspecified atom stereocenters. The minimum atomic E-state index is -0.782. The van der Waals surface area contributed by atoms with E-state index in [9.17, 15) is 58.8 Å². The Balaban J connectivity index is 0.000000201. The number of benzene rings is 9. The SMILES string of the molecule is COc1cc(CO)ccc1C(=O)COC(=O)c1cc(C)ccc1O.COc1cc(CO)ccc1C(=O)COC(=O)c1cc(C)ccc1O.COc1ccccc1C(=O)COC(=O)c1cc(C)ccc1O.Cc1ccc(C)c(C(=O)COC(=O)c2cc3ccccc3cc2O)c1. The summed E-state index contributed by atoms with van der Waals surface area (Å²) < 4.78 is 35.4. The van der Waals surface area contributed by atoms with E-state index < -0.39 is 55.3 Å². The number of Topliss-reactive ketones (excluding diaryl/α,β-unsaturated/α-hetero) is 4. The molecule has 0 fully saturated rings. The predicted molar refractivity (Wildman–Crippen MR) is 349 cm³/mol. The van der Waals surface area contributed by atoms with Crippen LogP contribution in [0.2, 0.25) is 0 Å². The number of aliphatic hydroxyl groups is 2. The Bertz CT molecular complexity index is 4170. The second kappa shape index (κ2) is 34.7. The minimum Gasteiger partial charge on any atom is -0.507 e. The lowest BCUT2D eigenvalue weighted by Crippen LogP contribution is -2.15. The molecule has 492 valence electrons. The van der Waals surface area contributed by atoms with Crippen LogP contribution < -0.4 is 14.2 Å². The summed E-state index contributed by atoms with van der Waals surface area (Å²) in [5.74, 6) is -4.32. The highest BCUT2D eigenvalue weighted by Gasteiger charge is 2.23. The third-order valence-electron chi connectivity index (χ3n) is 14.1. The lowest BCUT2D eigenvalue weighted by Gasteiger charge is -2.10. The van der Waals surface area contributed by atoms with E-state index in [2.05, 4.69) is 0 Å². The number of phenols is 4. The number of fused-ring (bicyclic) bond motifs is 1. The first kappa shape index (κ1) is 72.4. The molecule has 0 aromatic heterocycles. The average Bonchev–Trinajstić information content (AvgIpc) is 1.13. The molecule has 0 aliphatic rings. The molecule has 21 heteroatoms. The van der Waals surface area contributed by atoms with E-state index in [1.807, 2.05) is 50.2 Å². The van der Waals surface area contributed by atoms with Crippen LogP contribution in [0, 0.1) is 34.6 Å². The van der Waals surface area contributed by atoms with E-state index in [1.165, 1.54) is 75.9 Å². The van der Waals surface area contributed by atoms with Gasteiger partial charge in [-0.25, -0.2) is 19.2 Å². The van der Waals surface area contributed by atoms with Gasteiger partial charge in [0.1, 0.15) is 62.5 Å². The molecule has 95 heavy (non-hydrogen) atoms. The fraction of sp³-hybridized carbons (Fsp3) is 0.189. The Morgan fingerprint density at radius 2 is 0.621 bits per heavy atom. The molecule has 6 N–H and O–H groups in total. The van der Waals surface area contributed by atoms with Crippen molar-refractivity contribution in [1.82, 2.24) is 0 Å². The fourth-order valence-electron chi connectivity index (χ4n) is 9.02. The van der Waals surface area contributed by atoms with Crippen molar-refractivity contribution in [2.75, 3.05) is 47.8 Å². The standard InChI is InChI=1S/C21H18O4.2C18H18O6.C17H16O5/c1-13-7-8-14(2)17(9-13)20(23)12-25-21(24)18-10-15-5-3-4-6-16(15)11-19(18)22;2*1-11-3-6-15(20)14(7-11)18(22)24-10-16(21)13-5-4-12(9-19)8-17(13)23-2;1-11-7-8-14(18)13(9-11)17(20)22-10-15(19)12-5-3-4-6-16(12)21-2/h3-11,22H,12H2,1-2H3;2*3-8,19-20H,9-10H2,1-2H3;3-9,18H,10H2,1-2H3. The highest BCUT2D eigenvalue weighted by atomic mass is 16.6. The molecule has 0 heterocycles. The number of ketones is 4. The summed E-state index contributed by atoms with van der Waals surface area (Å²) in [4.78, 5) is 97.1. The van der Waals surface area contributed by atoms with Crippen LogP contribution in [0.5, 0.6) is 40.2 Å². The number of aromatic hydroxyl groups is 4. The largest absolute Gasteiger partial charge is 0.507 e. The summed E-state index contributed by atoms with van der Waals surface area (Å²) in [5.41, 5.74) is 6.84. The van der Waals surface area contributed by atoms with Gasteiger partial charge >= 0.3 is 23.9 Å². The number of ether oxygens (including phenoxy) is 7. The Hall–Kier alpha value is -11.7. The number of carbonyl (C=O) groups excluding carboxylic acids is 8. The fourth-order valence-corrected chi connectivity index (χ4v) is 9.02. The van der Waals surface area contributed by atoms with Crippen molar-refractivity contribution in [2.24, 2.45) is 0 Å². The molecule has 0 aliphatic heterocycles. The van der Waals surface area contributed by atoms with Crippen molar-refractivity contribution in [1.29, 1.82) is 0 Å². The highest BCUT2D eigenvalue weighted by Crippen LogP contribution is 2.28. The average molecular weight is 1300 g/mol. The van der Waals surface area contributed by atoms with E-state index in [1.54, 1.807) is 99.6 Å². The monoisotopic (exact) mass is 1290 g/mol. The molecule has 9 rings (SSSR count). The topological polar surface area (TPSA) is 323 Å². The molecular formula is C74H70O21. The molecule has 0 atom stereocenters. The van der Waals surface area contributed by atoms with Gasteiger partial charge < -0.3 is 63.8 Å². The summed E-state index contributed by atoms with van der Waals surface area (Å²) in [6, 6.07) is 45.6. The summed E-state index contributed by atoms with van der Waals surface area (Å²) in [5, 5.41) is 59.0. The number of methoxy groups -OCH3 is 3. The van der Waals surface area contributed by atoms with Gasteiger partial charge in [-0.3, -0.25) is 19.2 Å². The van der Waals surface area contributed by atoms with Crippen LogP contribution in [0.15, 0.2) is 170 Å². The minimum absolute atomic E-state index is 0.00499. The first-order valence-corrected chi connectivity index (χ1v) is 29.1. The zero-order valence-electron chi connectivity index (χ0n) is 53.2. The van der Waals surface area contributed by atoms with Gasteiger partial charge in [-0.2, -0.15) is 0 Å². The van der Waals surface area contributed by atoms with Crippen LogP contribution in [0.4, 0.5) is 0 Å². The van der Waals surface area contributed by atoms with Crippen molar-refractivity contribution in [3.8, 4) is 40.2 Å². The molecule has 9 aromatic carbocycles. The molecule has 0 amide bonds. The zero-order valence-corrected chi connectivity index (χ0v) is 53.2. The van der Waals surface area contributed by atoms with Gasteiger partial charge in [0.25, 0.3) is 0 Å². The lowest BCUT2D eigenvalue weighted by molar-refractivity contribution is 0.0468. The third-order valence-corrected chi connectivity index (χ3v) is 14.1. The van der Waals surface area contributed by atoms with Crippen molar-refractivity contribution < 1.29 is 102 Å². The quantitative estimate of drug-likeness (QED) is 0.0221. The Labute approximate surface area is 546 Å². The third kappa shape index (κ3) is 20.2. The van der Waals surface area contributed by atoms with E-state index >= 15 is 0 Å². The van der Waals surface area contributed by atoms with Gasteiger partial charge in [-0.1, -0.05) is 101 Å². The molecule has 0 saturated heterocycles. The van der Waals surface area contributed by atoms with E-state index in [4.69, 9.17) is 43.4 Å². The molecule has 0 spiro atoms. The smallest absolute Gasteiger partial charge is 0.342 e. The van der Waals surface area contributed by atoms with Crippen LogP contribution in [0.25, 0.3) is 10.8 Å². The summed E-state index contributed by atoms with van der Waals surface area (Å²) in [6.07, 6.45) is 0. The van der Waals surface area contributed by atoms with Crippen LogP contribution in [0.1, 0.15) is 122 Å². The number of para-hydroxylation sites is 1. The number of carbonyl (C=O) groups is 8. The van der Waals surface area contributed by atoms with Crippen LogP contribution in [-0.2, 0) is 32.2 Å². The normalized spacial score (nSPS) is 10.3. The lowest BCUT2D eigenvalue weighted by atomic mass is 10.0. The van der Waals surface area contributed by atoms with Crippen LogP contribution >= 0.6 is 0 Å². The highest BCUT2D eigenvalue weighted by molar-refractivity contribution is 6.05. The van der Waals surface area contributed by atoms with Crippen molar-refractivity contribution in [3.05, 3.63) is 253 Å². The Morgan fingerprint density at radius 1 is 0.305 bits per heavy atom.